The molecule has 1 aromatic heterocycles. The fraction of sp³-hybridized carbons (Fsp3) is 0.522. The summed E-state index contributed by atoms with van der Waals surface area (Å²) in [5, 5.41) is 10.4. The predicted molar refractivity (Wildman–Crippen MR) is 137 cm³/mol. The summed E-state index contributed by atoms with van der Waals surface area (Å²) in [7, 11) is 0. The summed E-state index contributed by atoms with van der Waals surface area (Å²) in [6, 6.07) is 9.64. The minimum atomic E-state index is -0.0136. The molecule has 0 spiro atoms. The third kappa shape index (κ3) is 8.09. The fourth-order valence-corrected chi connectivity index (χ4v) is 3.50. The van der Waals surface area contributed by atoms with Gasteiger partial charge >= 0.3 is 0 Å². The van der Waals surface area contributed by atoms with E-state index in [0.717, 1.165) is 75.9 Å². The third-order valence-electron chi connectivity index (χ3n) is 5.33. The number of piperazine rings is 1. The Morgan fingerprint density at radius 2 is 1.84 bits per heavy atom. The van der Waals surface area contributed by atoms with Crippen LogP contribution in [-0.4, -0.2) is 66.1 Å². The summed E-state index contributed by atoms with van der Waals surface area (Å²) in [6.45, 7) is 10.9. The average molecular weight is 554 g/mol. The van der Waals surface area contributed by atoms with E-state index in [2.05, 4.69) is 39.4 Å². The lowest BCUT2D eigenvalue weighted by Crippen LogP contribution is -2.52. The molecule has 1 fully saturated rings. The number of hydrogen-bond acceptors (Lipinski definition) is 5. The van der Waals surface area contributed by atoms with Gasteiger partial charge in [0.1, 0.15) is 6.26 Å². The van der Waals surface area contributed by atoms with Crippen molar-refractivity contribution in [2.75, 3.05) is 39.3 Å². The number of carbonyl (C=O) groups excluding carboxylic acids is 1. The van der Waals surface area contributed by atoms with Crippen LogP contribution in [0.5, 0.6) is 0 Å². The number of rotatable bonds is 9. The molecule has 176 valence electrons. The van der Waals surface area contributed by atoms with Gasteiger partial charge in [-0.05, 0) is 31.0 Å². The van der Waals surface area contributed by atoms with Crippen molar-refractivity contribution in [2.45, 2.75) is 39.8 Å². The van der Waals surface area contributed by atoms with E-state index in [1.54, 1.807) is 6.26 Å². The molecule has 0 aliphatic carbocycles. The standard InChI is InChI=1S/C23H34N6O2.HI/c1-3-5-11-25-22(30)20-8-6-19(7-9-20)17-26-23(24-4-2)29-14-12-28(13-15-29)18-21-10-16-31-27-21;/h6-10,16H,3-5,11-15,17-18H2,1-2H3,(H,24,26)(H,25,30);1H. The van der Waals surface area contributed by atoms with E-state index in [0.29, 0.717) is 12.1 Å². The summed E-state index contributed by atoms with van der Waals surface area (Å²) in [5.41, 5.74) is 2.75. The molecule has 1 aliphatic heterocycles. The van der Waals surface area contributed by atoms with Crippen molar-refractivity contribution in [1.29, 1.82) is 0 Å². The van der Waals surface area contributed by atoms with E-state index in [1.165, 1.54) is 0 Å². The van der Waals surface area contributed by atoms with Crippen LogP contribution in [0.4, 0.5) is 0 Å². The summed E-state index contributed by atoms with van der Waals surface area (Å²) in [6.07, 6.45) is 3.69. The highest BCUT2D eigenvalue weighted by Gasteiger charge is 2.20. The number of aromatic nitrogens is 1. The maximum atomic E-state index is 12.1. The zero-order chi connectivity index (χ0) is 21.9. The molecule has 1 amide bonds. The van der Waals surface area contributed by atoms with Gasteiger partial charge in [-0.1, -0.05) is 30.6 Å². The lowest BCUT2D eigenvalue weighted by Gasteiger charge is -2.36. The summed E-state index contributed by atoms with van der Waals surface area (Å²) in [5.74, 6) is 0.922. The largest absolute Gasteiger partial charge is 0.364 e. The Labute approximate surface area is 207 Å². The SMILES string of the molecule is CCCCNC(=O)c1ccc(CN=C(NCC)N2CCN(Cc3ccon3)CC2)cc1.I. The number of benzene rings is 1. The molecule has 8 nitrogen and oxygen atoms in total. The Bertz CT molecular complexity index is 818. The van der Waals surface area contributed by atoms with Gasteiger partial charge in [0.2, 0.25) is 0 Å². The van der Waals surface area contributed by atoms with Crippen LogP contribution in [0.15, 0.2) is 46.1 Å². The van der Waals surface area contributed by atoms with Crippen molar-refractivity contribution in [3.8, 4) is 0 Å². The first kappa shape index (κ1) is 26.1. The summed E-state index contributed by atoms with van der Waals surface area (Å²) >= 11 is 0. The second-order valence-corrected chi connectivity index (χ2v) is 7.73. The Hall–Kier alpha value is -2.14. The highest BCUT2D eigenvalue weighted by atomic mass is 127. The normalized spacial score (nSPS) is 14.7. The van der Waals surface area contributed by atoms with Crippen molar-refractivity contribution in [2.24, 2.45) is 4.99 Å². The number of nitrogens with one attached hydrogen (secondary N) is 2. The molecule has 1 saturated heterocycles. The molecular weight excluding hydrogens is 519 g/mol. The maximum Gasteiger partial charge on any atom is 0.251 e. The first-order valence-corrected chi connectivity index (χ1v) is 11.2. The molecule has 0 bridgehead atoms. The highest BCUT2D eigenvalue weighted by molar-refractivity contribution is 14.0. The Morgan fingerprint density at radius 1 is 1.09 bits per heavy atom. The average Bonchev–Trinajstić information content (AvgIpc) is 3.31. The maximum absolute atomic E-state index is 12.1. The zero-order valence-corrected chi connectivity index (χ0v) is 21.4. The number of guanidine groups is 1. The van der Waals surface area contributed by atoms with Gasteiger partial charge in [0.25, 0.3) is 5.91 Å². The number of hydrogen-bond donors (Lipinski definition) is 2. The molecule has 2 N–H and O–H groups in total. The molecule has 2 aromatic rings. The van der Waals surface area contributed by atoms with E-state index < -0.39 is 0 Å². The smallest absolute Gasteiger partial charge is 0.251 e. The van der Waals surface area contributed by atoms with Gasteiger partial charge in [0, 0.05) is 57.4 Å². The number of carbonyl (C=O) groups is 1. The molecule has 0 saturated carbocycles. The second-order valence-electron chi connectivity index (χ2n) is 7.73. The minimum absolute atomic E-state index is 0. The molecule has 0 radical (unpaired) electrons. The molecule has 9 heteroatoms. The van der Waals surface area contributed by atoms with Crippen LogP contribution < -0.4 is 10.6 Å². The van der Waals surface area contributed by atoms with E-state index >= 15 is 0 Å². The van der Waals surface area contributed by atoms with Gasteiger partial charge in [0.05, 0.1) is 12.2 Å². The van der Waals surface area contributed by atoms with E-state index in [1.807, 2.05) is 30.3 Å². The molecular formula is C23H35IN6O2. The molecule has 1 aromatic carbocycles. The third-order valence-corrected chi connectivity index (χ3v) is 5.33. The second kappa shape index (κ2) is 14.1. The van der Waals surface area contributed by atoms with Crippen molar-refractivity contribution < 1.29 is 9.32 Å². The topological polar surface area (TPSA) is 86.0 Å². The van der Waals surface area contributed by atoms with Gasteiger partial charge in [-0.15, -0.1) is 24.0 Å². The van der Waals surface area contributed by atoms with E-state index in [9.17, 15) is 4.79 Å². The van der Waals surface area contributed by atoms with Crippen LogP contribution in [0, 0.1) is 0 Å². The first-order chi connectivity index (χ1) is 15.2. The van der Waals surface area contributed by atoms with Crippen LogP contribution >= 0.6 is 24.0 Å². The summed E-state index contributed by atoms with van der Waals surface area (Å²) in [4.78, 5) is 21.7. The highest BCUT2D eigenvalue weighted by Crippen LogP contribution is 2.09. The lowest BCUT2D eigenvalue weighted by atomic mass is 10.1. The molecule has 0 unspecified atom stereocenters. The van der Waals surface area contributed by atoms with E-state index in [-0.39, 0.29) is 29.9 Å². The molecule has 32 heavy (non-hydrogen) atoms. The predicted octanol–water partition coefficient (Wildman–Crippen LogP) is 3.11. The zero-order valence-electron chi connectivity index (χ0n) is 19.0. The Kier molecular flexibility index (Phi) is 11.5. The van der Waals surface area contributed by atoms with Crippen LogP contribution in [-0.2, 0) is 13.1 Å². The number of unbranched alkanes of at least 4 members (excludes halogenated alkanes) is 1. The monoisotopic (exact) mass is 554 g/mol. The van der Waals surface area contributed by atoms with Gasteiger partial charge < -0.3 is 20.1 Å². The fourth-order valence-electron chi connectivity index (χ4n) is 3.50. The molecule has 3 rings (SSSR count). The number of nitrogens with zero attached hydrogens (tertiary/aromatic N) is 4. The first-order valence-electron chi connectivity index (χ1n) is 11.2. The van der Waals surface area contributed by atoms with Gasteiger partial charge in [0.15, 0.2) is 5.96 Å². The van der Waals surface area contributed by atoms with Crippen molar-refractivity contribution in [1.82, 2.24) is 25.6 Å². The number of aliphatic imine (C=N–C) groups is 1. The van der Waals surface area contributed by atoms with Gasteiger partial charge in [-0.25, -0.2) is 4.99 Å². The molecule has 0 atom stereocenters. The lowest BCUT2D eigenvalue weighted by molar-refractivity contribution is 0.0953. The quantitative estimate of drug-likeness (QED) is 0.215. The van der Waals surface area contributed by atoms with Crippen LogP contribution in [0.3, 0.4) is 0 Å². The van der Waals surface area contributed by atoms with Crippen molar-refractivity contribution >= 4 is 35.8 Å². The minimum Gasteiger partial charge on any atom is -0.364 e. The molecule has 1 aliphatic rings. The summed E-state index contributed by atoms with van der Waals surface area (Å²) < 4.78 is 4.93. The van der Waals surface area contributed by atoms with Crippen LogP contribution in [0.1, 0.15) is 48.3 Å². The van der Waals surface area contributed by atoms with Crippen molar-refractivity contribution in [3.63, 3.8) is 0 Å². The van der Waals surface area contributed by atoms with Gasteiger partial charge in [-0.3, -0.25) is 9.69 Å². The van der Waals surface area contributed by atoms with Crippen LogP contribution in [0.25, 0.3) is 0 Å². The van der Waals surface area contributed by atoms with Gasteiger partial charge in [-0.2, -0.15) is 0 Å². The van der Waals surface area contributed by atoms with Crippen LogP contribution in [0.2, 0.25) is 0 Å². The number of halogens is 1. The number of amides is 1. The van der Waals surface area contributed by atoms with Crippen molar-refractivity contribution in [3.05, 3.63) is 53.4 Å². The Balaban J connectivity index is 0.00000363. The van der Waals surface area contributed by atoms with E-state index in [4.69, 9.17) is 9.52 Å². The Morgan fingerprint density at radius 3 is 2.47 bits per heavy atom. The molecule has 2 heterocycles.